The minimum atomic E-state index is -0.473. The number of carbonyl (C=O) groups excluding carboxylic acids is 2. The summed E-state index contributed by atoms with van der Waals surface area (Å²) in [6.45, 7) is 1.60. The van der Waals surface area contributed by atoms with Gasteiger partial charge in [0.15, 0.2) is 0 Å². The lowest BCUT2D eigenvalue weighted by Crippen LogP contribution is -2.14. The van der Waals surface area contributed by atoms with E-state index in [1.807, 2.05) is 42.5 Å². The lowest BCUT2D eigenvalue weighted by molar-refractivity contribution is 0.0991. The SMILES string of the molecule is COCCCOC.COc1cccc(-c2cc(C(N)=O)c3c(c2)-c2ccc(C(N)=O)cc2C3)c1. The van der Waals surface area contributed by atoms with Crippen molar-refractivity contribution < 1.29 is 23.8 Å². The summed E-state index contributed by atoms with van der Waals surface area (Å²) in [6.07, 6.45) is 1.54. The quantitative estimate of drug-likeness (QED) is 0.387. The average Bonchev–Trinajstić information content (AvgIpc) is 3.22. The third-order valence-corrected chi connectivity index (χ3v) is 5.66. The Bertz CT molecular complexity index is 1190. The molecule has 0 radical (unpaired) electrons. The minimum absolute atomic E-state index is 0.454. The third-order valence-electron chi connectivity index (χ3n) is 5.66. The molecule has 2 amide bonds. The molecule has 3 aromatic rings. The molecule has 1 aliphatic carbocycles. The van der Waals surface area contributed by atoms with Gasteiger partial charge in [-0.15, -0.1) is 0 Å². The highest BCUT2D eigenvalue weighted by molar-refractivity contribution is 6.01. The van der Waals surface area contributed by atoms with Gasteiger partial charge in [0.2, 0.25) is 11.8 Å². The Morgan fingerprint density at radius 3 is 2.18 bits per heavy atom. The van der Waals surface area contributed by atoms with Gasteiger partial charge in [-0.1, -0.05) is 18.2 Å². The molecule has 4 rings (SSSR count). The molecule has 0 aromatic heterocycles. The Morgan fingerprint density at radius 1 is 0.824 bits per heavy atom. The summed E-state index contributed by atoms with van der Waals surface area (Å²) in [4.78, 5) is 23.6. The van der Waals surface area contributed by atoms with Gasteiger partial charge < -0.3 is 25.7 Å². The highest BCUT2D eigenvalue weighted by Crippen LogP contribution is 2.41. The van der Waals surface area contributed by atoms with Crippen molar-refractivity contribution in [2.75, 3.05) is 34.5 Å². The zero-order chi connectivity index (χ0) is 24.7. The largest absolute Gasteiger partial charge is 0.497 e. The fraction of sp³-hybridized carbons (Fsp3) is 0.259. The summed E-state index contributed by atoms with van der Waals surface area (Å²) < 4.78 is 14.8. The van der Waals surface area contributed by atoms with Crippen LogP contribution in [0.1, 0.15) is 38.3 Å². The lowest BCUT2D eigenvalue weighted by Gasteiger charge is -2.11. The molecule has 0 aliphatic heterocycles. The Morgan fingerprint density at radius 2 is 1.56 bits per heavy atom. The van der Waals surface area contributed by atoms with Crippen LogP contribution in [0.4, 0.5) is 0 Å². The number of hydrogen-bond acceptors (Lipinski definition) is 5. The predicted molar refractivity (Wildman–Crippen MR) is 132 cm³/mol. The number of methoxy groups -OCH3 is 3. The van der Waals surface area contributed by atoms with E-state index in [2.05, 4.69) is 0 Å². The van der Waals surface area contributed by atoms with Gasteiger partial charge >= 0.3 is 0 Å². The van der Waals surface area contributed by atoms with E-state index >= 15 is 0 Å². The summed E-state index contributed by atoms with van der Waals surface area (Å²) in [5, 5.41) is 0. The molecule has 7 nitrogen and oxygen atoms in total. The molecule has 0 fully saturated rings. The lowest BCUT2D eigenvalue weighted by atomic mass is 9.94. The summed E-state index contributed by atoms with van der Waals surface area (Å²) in [5.74, 6) is -0.208. The van der Waals surface area contributed by atoms with Gasteiger partial charge in [-0.2, -0.15) is 0 Å². The molecular weight excluding hydrogens is 432 g/mol. The average molecular weight is 463 g/mol. The van der Waals surface area contributed by atoms with E-state index in [0.717, 1.165) is 58.8 Å². The monoisotopic (exact) mass is 462 g/mol. The van der Waals surface area contributed by atoms with Crippen molar-refractivity contribution >= 4 is 11.8 Å². The zero-order valence-corrected chi connectivity index (χ0v) is 19.7. The van der Waals surface area contributed by atoms with Crippen molar-refractivity contribution in [3.05, 3.63) is 76.9 Å². The van der Waals surface area contributed by atoms with Gasteiger partial charge in [0.1, 0.15) is 5.75 Å². The Kier molecular flexibility index (Phi) is 8.40. The van der Waals surface area contributed by atoms with Crippen LogP contribution in [0, 0.1) is 0 Å². The molecule has 0 spiro atoms. The molecular formula is C27H30N2O5. The van der Waals surface area contributed by atoms with Crippen LogP contribution < -0.4 is 16.2 Å². The molecule has 34 heavy (non-hydrogen) atoms. The van der Waals surface area contributed by atoms with E-state index in [-0.39, 0.29) is 0 Å². The number of rotatable bonds is 8. The maximum atomic E-state index is 12.1. The summed E-state index contributed by atoms with van der Waals surface area (Å²) in [5.41, 5.74) is 17.6. The van der Waals surface area contributed by atoms with E-state index in [9.17, 15) is 9.59 Å². The van der Waals surface area contributed by atoms with E-state index < -0.39 is 11.8 Å². The topological polar surface area (TPSA) is 114 Å². The summed E-state index contributed by atoms with van der Waals surface area (Å²) in [7, 11) is 4.99. The van der Waals surface area contributed by atoms with E-state index in [0.29, 0.717) is 17.5 Å². The standard InChI is InChI=1S/C22H18N2O3.C5H12O2/c1-27-16-4-2-3-12(8-16)14-9-18-17-6-5-13(21(23)25)7-15(17)11-19(18)20(10-14)22(24)26;1-6-4-3-5-7-2/h2-10H,11H2,1H3,(H2,23,25)(H2,24,26);3-5H2,1-2H3. The van der Waals surface area contributed by atoms with Crippen LogP contribution in [0.15, 0.2) is 54.6 Å². The second-order valence-corrected chi connectivity index (χ2v) is 7.90. The van der Waals surface area contributed by atoms with Gasteiger partial charge in [0.25, 0.3) is 0 Å². The molecule has 0 saturated heterocycles. The van der Waals surface area contributed by atoms with Crippen LogP contribution in [0.3, 0.4) is 0 Å². The van der Waals surface area contributed by atoms with Crippen LogP contribution >= 0.6 is 0 Å². The molecule has 178 valence electrons. The van der Waals surface area contributed by atoms with Gasteiger partial charge in [-0.25, -0.2) is 0 Å². The highest BCUT2D eigenvalue weighted by atomic mass is 16.5. The molecule has 3 aromatic carbocycles. The number of primary amides is 2. The second-order valence-electron chi connectivity index (χ2n) is 7.90. The van der Waals surface area contributed by atoms with Crippen LogP contribution in [-0.4, -0.2) is 46.4 Å². The first-order valence-corrected chi connectivity index (χ1v) is 10.9. The maximum Gasteiger partial charge on any atom is 0.249 e. The molecule has 0 bridgehead atoms. The molecule has 7 heteroatoms. The molecule has 0 heterocycles. The first-order chi connectivity index (χ1) is 16.4. The number of benzene rings is 3. The number of fused-ring (bicyclic) bond motifs is 3. The van der Waals surface area contributed by atoms with Gasteiger partial charge in [0.05, 0.1) is 7.11 Å². The van der Waals surface area contributed by atoms with E-state index in [1.165, 1.54) is 0 Å². The maximum absolute atomic E-state index is 12.1. The number of hydrogen-bond donors (Lipinski definition) is 2. The fourth-order valence-corrected chi connectivity index (χ4v) is 3.99. The fourth-order valence-electron chi connectivity index (χ4n) is 3.99. The summed E-state index contributed by atoms with van der Waals surface area (Å²) >= 11 is 0. The Hall–Kier alpha value is -3.68. The Labute approximate surface area is 199 Å². The van der Waals surface area contributed by atoms with Gasteiger partial charge in [0, 0.05) is 38.6 Å². The van der Waals surface area contributed by atoms with E-state index in [1.54, 1.807) is 33.5 Å². The number of amides is 2. The smallest absolute Gasteiger partial charge is 0.249 e. The number of ether oxygens (including phenoxy) is 3. The van der Waals surface area contributed by atoms with Crippen LogP contribution in [0.5, 0.6) is 5.75 Å². The number of carbonyl (C=O) groups is 2. The van der Waals surface area contributed by atoms with Gasteiger partial charge in [-0.05, 0) is 82.6 Å². The van der Waals surface area contributed by atoms with E-state index in [4.69, 9.17) is 25.7 Å². The van der Waals surface area contributed by atoms with Crippen molar-refractivity contribution in [1.29, 1.82) is 0 Å². The van der Waals surface area contributed by atoms with Crippen molar-refractivity contribution in [2.24, 2.45) is 11.5 Å². The molecule has 0 unspecified atom stereocenters. The van der Waals surface area contributed by atoms with Crippen LogP contribution in [-0.2, 0) is 15.9 Å². The minimum Gasteiger partial charge on any atom is -0.497 e. The van der Waals surface area contributed by atoms with Crippen molar-refractivity contribution in [3.63, 3.8) is 0 Å². The molecule has 0 atom stereocenters. The predicted octanol–water partition coefficient (Wildman–Crippen LogP) is 3.80. The first-order valence-electron chi connectivity index (χ1n) is 10.9. The van der Waals surface area contributed by atoms with Gasteiger partial charge in [-0.3, -0.25) is 9.59 Å². The zero-order valence-electron chi connectivity index (χ0n) is 19.7. The van der Waals surface area contributed by atoms with Crippen LogP contribution in [0.2, 0.25) is 0 Å². The van der Waals surface area contributed by atoms with Crippen molar-refractivity contribution in [3.8, 4) is 28.0 Å². The molecule has 1 aliphatic rings. The molecule has 0 saturated carbocycles. The normalized spacial score (nSPS) is 11.1. The van der Waals surface area contributed by atoms with Crippen LogP contribution in [0.25, 0.3) is 22.3 Å². The Balaban J connectivity index is 0.000000406. The van der Waals surface area contributed by atoms with Crippen molar-refractivity contribution in [2.45, 2.75) is 12.8 Å². The number of nitrogens with two attached hydrogens (primary N) is 2. The second kappa shape index (κ2) is 11.4. The first kappa shape index (κ1) is 25.0. The van der Waals surface area contributed by atoms with Crippen molar-refractivity contribution in [1.82, 2.24) is 0 Å². The third kappa shape index (κ3) is 5.62. The summed E-state index contributed by atoms with van der Waals surface area (Å²) in [6, 6.07) is 16.9. The molecule has 4 N–H and O–H groups in total. The highest BCUT2D eigenvalue weighted by Gasteiger charge is 2.25.